The van der Waals surface area contributed by atoms with Gasteiger partial charge in [-0.05, 0) is 32.1 Å². The summed E-state index contributed by atoms with van der Waals surface area (Å²) in [6.07, 6.45) is 9.55. The molecule has 2 fully saturated rings. The summed E-state index contributed by atoms with van der Waals surface area (Å²) in [5, 5.41) is 0. The predicted molar refractivity (Wildman–Crippen MR) is 67.9 cm³/mol. The summed E-state index contributed by atoms with van der Waals surface area (Å²) < 4.78 is 11.8. The van der Waals surface area contributed by atoms with Gasteiger partial charge >= 0.3 is 0 Å². The molecule has 0 aliphatic heterocycles. The number of hydrogen-bond donors (Lipinski definition) is 0. The first-order chi connectivity index (χ1) is 8.18. The van der Waals surface area contributed by atoms with E-state index in [1.807, 2.05) is 14.2 Å². The number of hydrogen-bond acceptors (Lipinski definition) is 2. The fourth-order valence-corrected chi connectivity index (χ4v) is 4.74. The largest absolute Gasteiger partial charge is 0.380 e. The second kappa shape index (κ2) is 3.69. The van der Waals surface area contributed by atoms with E-state index >= 15 is 0 Å². The lowest BCUT2D eigenvalue weighted by atomic mass is 9.63. The molecule has 2 saturated carbocycles. The van der Waals surface area contributed by atoms with E-state index in [2.05, 4.69) is 12.7 Å². The van der Waals surface area contributed by atoms with Gasteiger partial charge in [-0.3, -0.25) is 0 Å². The molecule has 1 spiro atoms. The van der Waals surface area contributed by atoms with Crippen molar-refractivity contribution in [3.8, 4) is 0 Å². The van der Waals surface area contributed by atoms with E-state index in [0.29, 0.717) is 6.10 Å². The first kappa shape index (κ1) is 11.5. The Kier molecular flexibility index (Phi) is 2.50. The van der Waals surface area contributed by atoms with E-state index in [1.54, 1.807) is 5.57 Å². The molecular weight excluding hydrogens is 212 g/mol. The van der Waals surface area contributed by atoms with Crippen LogP contribution in [-0.2, 0) is 9.47 Å². The molecule has 17 heavy (non-hydrogen) atoms. The van der Waals surface area contributed by atoms with Gasteiger partial charge in [0.2, 0.25) is 0 Å². The molecular formula is C15H22O2. The average molecular weight is 234 g/mol. The highest BCUT2D eigenvalue weighted by atomic mass is 16.5. The van der Waals surface area contributed by atoms with E-state index in [-0.39, 0.29) is 11.0 Å². The molecule has 94 valence electrons. The van der Waals surface area contributed by atoms with Crippen LogP contribution in [0.15, 0.2) is 23.8 Å². The molecule has 2 heteroatoms. The van der Waals surface area contributed by atoms with Gasteiger partial charge in [0.25, 0.3) is 0 Å². The van der Waals surface area contributed by atoms with Gasteiger partial charge in [0.15, 0.2) is 0 Å². The predicted octanol–water partition coefficient (Wildman–Crippen LogP) is 3.24. The maximum atomic E-state index is 6.03. The molecule has 0 unspecified atom stereocenters. The number of allylic oxidation sites excluding steroid dienone is 1. The number of rotatable bonds is 2. The Labute approximate surface area is 104 Å². The second-order valence-corrected chi connectivity index (χ2v) is 5.79. The van der Waals surface area contributed by atoms with Crippen LogP contribution in [0.25, 0.3) is 0 Å². The minimum absolute atomic E-state index is 0.0364. The van der Waals surface area contributed by atoms with Crippen LogP contribution >= 0.6 is 0 Å². The van der Waals surface area contributed by atoms with Crippen LogP contribution in [-0.4, -0.2) is 25.9 Å². The van der Waals surface area contributed by atoms with Crippen molar-refractivity contribution in [2.24, 2.45) is 5.41 Å². The Morgan fingerprint density at radius 3 is 2.88 bits per heavy atom. The fourth-order valence-electron chi connectivity index (χ4n) is 4.74. The summed E-state index contributed by atoms with van der Waals surface area (Å²) >= 11 is 0. The van der Waals surface area contributed by atoms with E-state index < -0.39 is 0 Å². The molecule has 3 rings (SSSR count). The monoisotopic (exact) mass is 234 g/mol. The van der Waals surface area contributed by atoms with Crippen molar-refractivity contribution < 1.29 is 9.47 Å². The van der Waals surface area contributed by atoms with E-state index in [9.17, 15) is 0 Å². The summed E-state index contributed by atoms with van der Waals surface area (Å²) in [5.74, 6) is 0. The van der Waals surface area contributed by atoms with Crippen molar-refractivity contribution in [1.29, 1.82) is 0 Å². The number of ether oxygens (including phenoxy) is 2. The van der Waals surface area contributed by atoms with Gasteiger partial charge in [-0.25, -0.2) is 0 Å². The molecule has 0 radical (unpaired) electrons. The first-order valence-corrected chi connectivity index (χ1v) is 6.65. The molecule has 0 aromatic heterocycles. The standard InChI is InChI=1S/C15H22O2/c1-11-9-12-5-4-7-15(12)13(16-2)6-8-14(15,10-11)17-3/h9,13H,1,4-8,10H2,2-3H3/t13-,14-,15+/m1/s1. The van der Waals surface area contributed by atoms with Gasteiger partial charge in [0.1, 0.15) is 0 Å². The molecule has 2 nitrogen and oxygen atoms in total. The van der Waals surface area contributed by atoms with Gasteiger partial charge in [-0.2, -0.15) is 0 Å². The quantitative estimate of drug-likeness (QED) is 0.730. The Morgan fingerprint density at radius 2 is 2.18 bits per heavy atom. The molecule has 3 aliphatic rings. The Hall–Kier alpha value is -0.600. The van der Waals surface area contributed by atoms with Crippen molar-refractivity contribution in [3.05, 3.63) is 23.8 Å². The molecule has 0 N–H and O–H groups in total. The summed E-state index contributed by atoms with van der Waals surface area (Å²) in [6.45, 7) is 4.18. The third-order valence-corrected chi connectivity index (χ3v) is 5.33. The van der Waals surface area contributed by atoms with Crippen LogP contribution in [0.4, 0.5) is 0 Å². The fraction of sp³-hybridized carbons (Fsp3) is 0.733. The third kappa shape index (κ3) is 1.23. The highest BCUT2D eigenvalue weighted by Gasteiger charge is 2.65. The lowest BCUT2D eigenvalue weighted by molar-refractivity contribution is -0.113. The average Bonchev–Trinajstić information content (AvgIpc) is 2.86. The summed E-state index contributed by atoms with van der Waals surface area (Å²) in [4.78, 5) is 0. The normalized spacial score (nSPS) is 44.5. The molecule has 3 aliphatic carbocycles. The van der Waals surface area contributed by atoms with Crippen LogP contribution in [0.1, 0.15) is 38.5 Å². The second-order valence-electron chi connectivity index (χ2n) is 5.79. The van der Waals surface area contributed by atoms with Gasteiger partial charge in [-0.1, -0.05) is 23.8 Å². The maximum Gasteiger partial charge on any atom is 0.0837 e. The van der Waals surface area contributed by atoms with Crippen molar-refractivity contribution in [2.45, 2.75) is 50.2 Å². The van der Waals surface area contributed by atoms with Crippen LogP contribution in [0, 0.1) is 5.41 Å². The van der Waals surface area contributed by atoms with E-state index in [4.69, 9.17) is 9.47 Å². The highest BCUT2D eigenvalue weighted by Crippen LogP contribution is 2.65. The van der Waals surface area contributed by atoms with Crippen molar-refractivity contribution in [1.82, 2.24) is 0 Å². The zero-order chi connectivity index (χ0) is 12.1. The summed E-state index contributed by atoms with van der Waals surface area (Å²) in [7, 11) is 3.72. The highest BCUT2D eigenvalue weighted by molar-refractivity contribution is 5.42. The SMILES string of the molecule is C=C1C=C2CCC[C@@]23[C@H](OC)CC[C@@]3(OC)C1. The lowest BCUT2D eigenvalue weighted by Gasteiger charge is -2.49. The molecule has 0 aromatic rings. The van der Waals surface area contributed by atoms with Crippen LogP contribution in [0.2, 0.25) is 0 Å². The van der Waals surface area contributed by atoms with Gasteiger partial charge in [0, 0.05) is 26.1 Å². The Balaban J connectivity index is 2.16. The Morgan fingerprint density at radius 1 is 1.35 bits per heavy atom. The molecule has 0 heterocycles. The van der Waals surface area contributed by atoms with Crippen molar-refractivity contribution >= 4 is 0 Å². The molecule has 0 saturated heterocycles. The smallest absolute Gasteiger partial charge is 0.0837 e. The Bertz CT molecular complexity index is 384. The minimum atomic E-state index is -0.0364. The number of methoxy groups -OCH3 is 2. The van der Waals surface area contributed by atoms with Crippen molar-refractivity contribution in [3.63, 3.8) is 0 Å². The zero-order valence-corrected chi connectivity index (χ0v) is 10.9. The molecule has 3 atom stereocenters. The van der Waals surface area contributed by atoms with E-state index in [0.717, 1.165) is 19.3 Å². The van der Waals surface area contributed by atoms with Gasteiger partial charge < -0.3 is 9.47 Å². The van der Waals surface area contributed by atoms with Gasteiger partial charge in [0.05, 0.1) is 11.7 Å². The lowest BCUT2D eigenvalue weighted by Crippen LogP contribution is -2.52. The maximum absolute atomic E-state index is 6.03. The minimum Gasteiger partial charge on any atom is -0.380 e. The van der Waals surface area contributed by atoms with Crippen molar-refractivity contribution in [2.75, 3.05) is 14.2 Å². The third-order valence-electron chi connectivity index (χ3n) is 5.33. The first-order valence-electron chi connectivity index (χ1n) is 6.65. The molecule has 0 bridgehead atoms. The summed E-state index contributed by atoms with van der Waals surface area (Å²) in [5.41, 5.74) is 2.89. The summed E-state index contributed by atoms with van der Waals surface area (Å²) in [6, 6.07) is 0. The van der Waals surface area contributed by atoms with Crippen LogP contribution in [0.3, 0.4) is 0 Å². The van der Waals surface area contributed by atoms with E-state index in [1.165, 1.54) is 24.8 Å². The van der Waals surface area contributed by atoms with Crippen LogP contribution < -0.4 is 0 Å². The zero-order valence-electron chi connectivity index (χ0n) is 10.9. The van der Waals surface area contributed by atoms with Gasteiger partial charge in [-0.15, -0.1) is 0 Å². The molecule has 0 amide bonds. The topological polar surface area (TPSA) is 18.5 Å². The molecule has 0 aromatic carbocycles. The van der Waals surface area contributed by atoms with Crippen LogP contribution in [0.5, 0.6) is 0 Å².